The lowest BCUT2D eigenvalue weighted by Gasteiger charge is -2.34. The zero-order valence-corrected chi connectivity index (χ0v) is 16.1. The molecule has 0 atom stereocenters. The Balaban J connectivity index is 1.64. The summed E-state index contributed by atoms with van der Waals surface area (Å²) in [6.07, 6.45) is 1.58. The molecular weight excluding hydrogens is 366 g/mol. The normalized spacial score (nSPS) is 15.5. The molecule has 27 heavy (non-hydrogen) atoms. The fourth-order valence-corrected chi connectivity index (χ4v) is 4.54. The third-order valence-electron chi connectivity index (χ3n) is 4.39. The van der Waals surface area contributed by atoms with Crippen molar-refractivity contribution in [2.75, 3.05) is 32.8 Å². The molecule has 0 unspecified atom stereocenters. The van der Waals surface area contributed by atoms with Crippen LogP contribution in [0.1, 0.15) is 22.8 Å². The van der Waals surface area contributed by atoms with Gasteiger partial charge in [-0.1, -0.05) is 30.3 Å². The standard InChI is InChI=1S/C19H23N3O4S/c1-2-26-18-17(9-6-10-20-18)19(23)21-11-13-22(14-12-21)27(24,25)15-16-7-4-3-5-8-16/h3-10H,2,11-15H2,1H3. The lowest BCUT2D eigenvalue weighted by atomic mass is 10.2. The zero-order chi connectivity index (χ0) is 19.3. The van der Waals surface area contributed by atoms with E-state index in [1.54, 1.807) is 35.4 Å². The topological polar surface area (TPSA) is 79.8 Å². The Hall–Kier alpha value is -2.45. The Morgan fingerprint density at radius 2 is 1.78 bits per heavy atom. The average Bonchev–Trinajstić information content (AvgIpc) is 2.69. The summed E-state index contributed by atoms with van der Waals surface area (Å²) in [4.78, 5) is 18.5. The molecule has 0 N–H and O–H groups in total. The minimum Gasteiger partial charge on any atom is -0.477 e. The van der Waals surface area contributed by atoms with Gasteiger partial charge in [0.05, 0.1) is 12.4 Å². The van der Waals surface area contributed by atoms with Gasteiger partial charge in [-0.25, -0.2) is 13.4 Å². The van der Waals surface area contributed by atoms with E-state index < -0.39 is 10.0 Å². The summed E-state index contributed by atoms with van der Waals surface area (Å²) in [6.45, 7) is 3.50. The molecule has 8 heteroatoms. The van der Waals surface area contributed by atoms with Gasteiger partial charge in [0.15, 0.2) is 0 Å². The number of rotatable bonds is 6. The number of carbonyl (C=O) groups is 1. The van der Waals surface area contributed by atoms with Crippen molar-refractivity contribution < 1.29 is 17.9 Å². The number of aromatic nitrogens is 1. The molecule has 144 valence electrons. The second-order valence-corrected chi connectivity index (χ2v) is 8.19. The zero-order valence-electron chi connectivity index (χ0n) is 15.2. The molecule has 2 aromatic rings. The van der Waals surface area contributed by atoms with Crippen molar-refractivity contribution in [1.82, 2.24) is 14.2 Å². The summed E-state index contributed by atoms with van der Waals surface area (Å²) >= 11 is 0. The van der Waals surface area contributed by atoms with Gasteiger partial charge in [-0.15, -0.1) is 0 Å². The number of pyridine rings is 1. The predicted octanol–water partition coefficient (Wildman–Crippen LogP) is 1.77. The predicted molar refractivity (Wildman–Crippen MR) is 102 cm³/mol. The lowest BCUT2D eigenvalue weighted by molar-refractivity contribution is 0.0692. The fourth-order valence-electron chi connectivity index (χ4n) is 3.02. The van der Waals surface area contributed by atoms with E-state index in [1.807, 2.05) is 25.1 Å². The van der Waals surface area contributed by atoms with E-state index in [0.717, 1.165) is 5.56 Å². The van der Waals surface area contributed by atoms with Crippen molar-refractivity contribution in [2.24, 2.45) is 0 Å². The smallest absolute Gasteiger partial charge is 0.259 e. The molecule has 1 saturated heterocycles. The van der Waals surface area contributed by atoms with Crippen LogP contribution in [0.3, 0.4) is 0 Å². The number of piperazine rings is 1. The first kappa shape index (κ1) is 19.3. The number of ether oxygens (including phenoxy) is 1. The van der Waals surface area contributed by atoms with E-state index in [2.05, 4.69) is 4.98 Å². The summed E-state index contributed by atoms with van der Waals surface area (Å²) < 4.78 is 32.1. The molecule has 0 bridgehead atoms. The first-order valence-electron chi connectivity index (χ1n) is 8.90. The number of carbonyl (C=O) groups excluding carboxylic acids is 1. The van der Waals surface area contributed by atoms with Crippen LogP contribution in [-0.4, -0.2) is 61.3 Å². The number of amides is 1. The van der Waals surface area contributed by atoms with Crippen molar-refractivity contribution in [1.29, 1.82) is 0 Å². The van der Waals surface area contributed by atoms with E-state index in [4.69, 9.17) is 4.74 Å². The summed E-state index contributed by atoms with van der Waals surface area (Å²) in [7, 11) is -3.41. The monoisotopic (exact) mass is 389 g/mol. The van der Waals surface area contributed by atoms with Crippen LogP contribution >= 0.6 is 0 Å². The van der Waals surface area contributed by atoms with E-state index in [-0.39, 0.29) is 24.7 Å². The minimum absolute atomic E-state index is 0.0289. The Bertz CT molecular complexity index is 879. The number of hydrogen-bond donors (Lipinski definition) is 0. The van der Waals surface area contributed by atoms with Crippen molar-refractivity contribution in [3.05, 3.63) is 59.8 Å². The second-order valence-electron chi connectivity index (χ2n) is 6.22. The molecule has 2 heterocycles. The van der Waals surface area contributed by atoms with Crippen molar-refractivity contribution >= 4 is 15.9 Å². The largest absolute Gasteiger partial charge is 0.477 e. The maximum Gasteiger partial charge on any atom is 0.259 e. The number of nitrogens with zero attached hydrogens (tertiary/aromatic N) is 3. The van der Waals surface area contributed by atoms with Crippen LogP contribution in [0.2, 0.25) is 0 Å². The Morgan fingerprint density at radius 1 is 1.07 bits per heavy atom. The van der Waals surface area contributed by atoms with Gasteiger partial charge in [0, 0.05) is 32.4 Å². The SMILES string of the molecule is CCOc1ncccc1C(=O)N1CCN(S(=O)(=O)Cc2ccccc2)CC1. The molecule has 1 fully saturated rings. The van der Waals surface area contributed by atoms with Gasteiger partial charge in [-0.05, 0) is 24.6 Å². The molecule has 1 aliphatic heterocycles. The van der Waals surface area contributed by atoms with Crippen LogP contribution in [0.4, 0.5) is 0 Å². The number of hydrogen-bond acceptors (Lipinski definition) is 5. The molecule has 0 radical (unpaired) electrons. The Kier molecular flexibility index (Phi) is 6.08. The second kappa shape index (κ2) is 8.49. The average molecular weight is 389 g/mol. The van der Waals surface area contributed by atoms with Crippen molar-refractivity contribution in [3.63, 3.8) is 0 Å². The molecule has 1 aromatic carbocycles. The van der Waals surface area contributed by atoms with Crippen LogP contribution in [0, 0.1) is 0 Å². The van der Waals surface area contributed by atoms with Gasteiger partial charge in [-0.3, -0.25) is 4.79 Å². The van der Waals surface area contributed by atoms with Crippen LogP contribution < -0.4 is 4.74 Å². The molecule has 0 aliphatic carbocycles. The minimum atomic E-state index is -3.41. The van der Waals surface area contributed by atoms with Crippen LogP contribution in [-0.2, 0) is 15.8 Å². The van der Waals surface area contributed by atoms with Crippen LogP contribution in [0.5, 0.6) is 5.88 Å². The summed E-state index contributed by atoms with van der Waals surface area (Å²) in [6, 6.07) is 12.5. The van der Waals surface area contributed by atoms with Gasteiger partial charge in [-0.2, -0.15) is 4.31 Å². The van der Waals surface area contributed by atoms with Gasteiger partial charge < -0.3 is 9.64 Å². The van der Waals surface area contributed by atoms with Gasteiger partial charge in [0.1, 0.15) is 5.56 Å². The summed E-state index contributed by atoms with van der Waals surface area (Å²) in [5.74, 6) is 0.0922. The van der Waals surface area contributed by atoms with Crippen LogP contribution in [0.15, 0.2) is 48.7 Å². The van der Waals surface area contributed by atoms with E-state index in [1.165, 1.54) is 4.31 Å². The summed E-state index contributed by atoms with van der Waals surface area (Å²) in [5, 5.41) is 0. The highest BCUT2D eigenvalue weighted by atomic mass is 32.2. The Labute approximate surface area is 159 Å². The number of sulfonamides is 1. The van der Waals surface area contributed by atoms with Gasteiger partial charge in [0.25, 0.3) is 5.91 Å². The van der Waals surface area contributed by atoms with Crippen molar-refractivity contribution in [2.45, 2.75) is 12.7 Å². The van der Waals surface area contributed by atoms with Crippen LogP contribution in [0.25, 0.3) is 0 Å². The highest BCUT2D eigenvalue weighted by Gasteiger charge is 2.30. The highest BCUT2D eigenvalue weighted by Crippen LogP contribution is 2.19. The quantitative estimate of drug-likeness (QED) is 0.752. The first-order valence-corrected chi connectivity index (χ1v) is 10.5. The molecule has 1 aliphatic rings. The maximum absolute atomic E-state index is 12.8. The first-order chi connectivity index (χ1) is 13.0. The lowest BCUT2D eigenvalue weighted by Crippen LogP contribution is -2.50. The van der Waals surface area contributed by atoms with Gasteiger partial charge in [0.2, 0.25) is 15.9 Å². The molecule has 7 nitrogen and oxygen atoms in total. The molecular formula is C19H23N3O4S. The van der Waals surface area contributed by atoms with E-state index in [0.29, 0.717) is 31.1 Å². The van der Waals surface area contributed by atoms with E-state index in [9.17, 15) is 13.2 Å². The maximum atomic E-state index is 12.8. The highest BCUT2D eigenvalue weighted by molar-refractivity contribution is 7.88. The number of benzene rings is 1. The molecule has 3 rings (SSSR count). The van der Waals surface area contributed by atoms with Gasteiger partial charge >= 0.3 is 0 Å². The fraction of sp³-hybridized carbons (Fsp3) is 0.368. The molecule has 1 amide bonds. The van der Waals surface area contributed by atoms with Crippen molar-refractivity contribution in [3.8, 4) is 5.88 Å². The van der Waals surface area contributed by atoms with E-state index >= 15 is 0 Å². The third kappa shape index (κ3) is 4.64. The molecule has 0 saturated carbocycles. The summed E-state index contributed by atoms with van der Waals surface area (Å²) in [5.41, 5.74) is 1.16. The molecule has 0 spiro atoms. The Morgan fingerprint density at radius 3 is 2.44 bits per heavy atom. The third-order valence-corrected chi connectivity index (χ3v) is 6.24. The molecule has 1 aromatic heterocycles.